The molecule has 1 fully saturated rings. The molecular formula is C33H49BN6O9P+. The first-order valence-corrected chi connectivity index (χ1v) is 18.4. The van der Waals surface area contributed by atoms with Crippen LogP contribution in [0.4, 0.5) is 0 Å². The Labute approximate surface area is 294 Å². The van der Waals surface area contributed by atoms with Crippen molar-refractivity contribution < 1.29 is 43.1 Å². The van der Waals surface area contributed by atoms with Gasteiger partial charge in [0.25, 0.3) is 5.91 Å². The summed E-state index contributed by atoms with van der Waals surface area (Å²) < 4.78 is 23.6. The van der Waals surface area contributed by atoms with Crippen LogP contribution in [0, 0.1) is 5.92 Å². The predicted octanol–water partition coefficient (Wildman–Crippen LogP) is 2.33. The highest BCUT2D eigenvalue weighted by Gasteiger charge is 2.38. The van der Waals surface area contributed by atoms with E-state index < -0.39 is 50.7 Å². The van der Waals surface area contributed by atoms with Gasteiger partial charge in [-0.2, -0.15) is 4.89 Å². The van der Waals surface area contributed by atoms with Crippen LogP contribution >= 0.6 is 8.03 Å². The number of hydrogen-bond acceptors (Lipinski definition) is 10. The summed E-state index contributed by atoms with van der Waals surface area (Å²) >= 11 is 0. The number of aromatic nitrogens is 2. The third-order valence-corrected chi connectivity index (χ3v) is 8.81. The van der Waals surface area contributed by atoms with E-state index in [2.05, 4.69) is 44.7 Å². The van der Waals surface area contributed by atoms with Crippen LogP contribution in [0.15, 0.2) is 48.9 Å². The lowest BCUT2D eigenvalue weighted by atomic mass is 9.73. The van der Waals surface area contributed by atoms with E-state index in [-0.39, 0.29) is 30.4 Å². The molecule has 0 spiro atoms. The lowest BCUT2D eigenvalue weighted by molar-refractivity contribution is -0.139. The normalized spacial score (nSPS) is 16.5. The van der Waals surface area contributed by atoms with E-state index in [0.717, 1.165) is 50.9 Å². The molecule has 3 rings (SSSR count). The van der Waals surface area contributed by atoms with E-state index in [9.17, 15) is 23.7 Å². The maximum absolute atomic E-state index is 13.8. The molecule has 2 unspecified atom stereocenters. The van der Waals surface area contributed by atoms with Crippen LogP contribution in [0.3, 0.4) is 0 Å². The number of benzene rings is 1. The van der Waals surface area contributed by atoms with E-state index in [0.29, 0.717) is 26.1 Å². The lowest BCUT2D eigenvalue weighted by Gasteiger charge is -2.30. The Bertz CT molecular complexity index is 1350. The van der Waals surface area contributed by atoms with Gasteiger partial charge in [-0.3, -0.25) is 19.4 Å². The quantitative estimate of drug-likeness (QED) is 0.0856. The summed E-state index contributed by atoms with van der Waals surface area (Å²) in [6.45, 7) is 7.36. The van der Waals surface area contributed by atoms with Crippen molar-refractivity contribution in [3.63, 3.8) is 0 Å². The summed E-state index contributed by atoms with van der Waals surface area (Å²) in [7, 11) is -3.73. The third-order valence-electron chi connectivity index (χ3n) is 8.01. The van der Waals surface area contributed by atoms with Gasteiger partial charge in [-0.05, 0) is 54.7 Å². The molecule has 1 saturated heterocycles. The molecule has 17 heteroatoms. The van der Waals surface area contributed by atoms with Crippen LogP contribution < -0.4 is 16.0 Å². The number of nitrogens with zero attached hydrogens (tertiary/aromatic N) is 3. The number of rotatable bonds is 18. The number of amides is 3. The second kappa shape index (κ2) is 22.1. The zero-order valence-corrected chi connectivity index (χ0v) is 29.6. The van der Waals surface area contributed by atoms with Crippen molar-refractivity contribution in [2.45, 2.75) is 83.0 Å². The molecule has 1 aliphatic heterocycles. The second-order valence-electron chi connectivity index (χ2n) is 12.6. The fourth-order valence-electron chi connectivity index (χ4n) is 5.56. The highest BCUT2D eigenvalue weighted by molar-refractivity contribution is 7.40. The van der Waals surface area contributed by atoms with Crippen LogP contribution in [0.5, 0.6) is 0 Å². The Balaban J connectivity index is 1.52. The number of carbonyl (C=O) groups excluding carboxylic acids is 3. The number of aliphatic carboxylic acids is 1. The molecule has 2 aromatic rings. The molecule has 272 valence electrons. The zero-order chi connectivity index (χ0) is 36.3. The van der Waals surface area contributed by atoms with Crippen LogP contribution in [-0.4, -0.2) is 106 Å². The van der Waals surface area contributed by atoms with Gasteiger partial charge in [-0.15, -0.1) is 0 Å². The van der Waals surface area contributed by atoms with Crippen molar-refractivity contribution in [2.75, 3.05) is 32.8 Å². The zero-order valence-electron chi connectivity index (χ0n) is 28.7. The summed E-state index contributed by atoms with van der Waals surface area (Å²) in [5, 5.41) is 17.0. The Kier molecular flexibility index (Phi) is 17.9. The van der Waals surface area contributed by atoms with Gasteiger partial charge in [0.05, 0.1) is 12.1 Å². The Hall–Kier alpha value is -3.82. The minimum atomic E-state index is -3.06. The van der Waals surface area contributed by atoms with Gasteiger partial charge < -0.3 is 35.3 Å². The fourth-order valence-corrected chi connectivity index (χ4v) is 6.01. The predicted molar refractivity (Wildman–Crippen MR) is 186 cm³/mol. The van der Waals surface area contributed by atoms with Crippen LogP contribution in [0.25, 0.3) is 0 Å². The summed E-state index contributed by atoms with van der Waals surface area (Å²) in [6.07, 6.45) is 8.78. The molecule has 1 aromatic carbocycles. The van der Waals surface area contributed by atoms with E-state index in [1.54, 1.807) is 0 Å². The van der Waals surface area contributed by atoms with Crippen LogP contribution in [0.1, 0.15) is 74.8 Å². The first-order valence-electron chi connectivity index (χ1n) is 17.1. The van der Waals surface area contributed by atoms with E-state index in [4.69, 9.17) is 19.3 Å². The monoisotopic (exact) mass is 715 g/mol. The molecule has 1 aromatic heterocycles. The van der Waals surface area contributed by atoms with Gasteiger partial charge in [0, 0.05) is 51.5 Å². The molecule has 4 atom stereocenters. The van der Waals surface area contributed by atoms with Crippen molar-refractivity contribution >= 4 is 38.8 Å². The molecule has 5 N–H and O–H groups in total. The summed E-state index contributed by atoms with van der Waals surface area (Å²) in [4.78, 5) is 69.2. The molecule has 0 aliphatic carbocycles. The Morgan fingerprint density at radius 2 is 1.68 bits per heavy atom. The third kappa shape index (κ3) is 15.0. The number of unbranched alkanes of at least 4 members (excludes halogenated alkanes) is 2. The highest BCUT2D eigenvalue weighted by atomic mass is 31.1. The summed E-state index contributed by atoms with van der Waals surface area (Å²) in [5.41, 5.74) is 1.00. The second-order valence-corrected chi connectivity index (χ2v) is 13.8. The van der Waals surface area contributed by atoms with Crippen molar-refractivity contribution in [2.24, 2.45) is 5.92 Å². The number of hydrogen-bond donors (Lipinski definition) is 5. The first-order chi connectivity index (χ1) is 24.0. The minimum absolute atomic E-state index is 0.0746. The van der Waals surface area contributed by atoms with Gasteiger partial charge in [0.1, 0.15) is 11.7 Å². The van der Waals surface area contributed by atoms with Gasteiger partial charge in [-0.25, -0.2) is 9.78 Å². The number of carbonyl (C=O) groups is 4. The van der Waals surface area contributed by atoms with E-state index >= 15 is 0 Å². The van der Waals surface area contributed by atoms with Crippen LogP contribution in [0.2, 0.25) is 0 Å². The molecular weight excluding hydrogens is 666 g/mol. The molecule has 2 heterocycles. The van der Waals surface area contributed by atoms with Crippen LogP contribution in [-0.2, 0) is 34.7 Å². The molecule has 0 saturated carbocycles. The van der Waals surface area contributed by atoms with Crippen molar-refractivity contribution in [1.29, 1.82) is 0 Å². The maximum atomic E-state index is 13.8. The average Bonchev–Trinajstić information content (AvgIpc) is 3.09. The van der Waals surface area contributed by atoms with Crippen molar-refractivity contribution in [3.05, 3.63) is 60.2 Å². The standard InChI is InChI=1S/C33H48BN6O9P/c1-24(2)21-28(38-30(42)26(22-25-11-5-3-6-12-25)37-31(43)27-23-35-14-15-36-27)34-48-19-9-17-40(18-10-20-49-34)16-8-4-7-13-29(41)39-32(33(44)45)50(46)47/h3,5-6,11-12,14-15,23-24,26,28,32H,4,7-10,13,16-22H2,1-2H3,(H4-,37,38,39,41,42,43,44,45,46,47)/p+1/t26-,28-,32?/m1/s1. The molecule has 1 aliphatic rings. The van der Waals surface area contributed by atoms with E-state index in [1.165, 1.54) is 18.6 Å². The summed E-state index contributed by atoms with van der Waals surface area (Å²) in [6, 6.07) is 8.58. The van der Waals surface area contributed by atoms with Gasteiger partial charge >= 0.3 is 26.9 Å². The van der Waals surface area contributed by atoms with Gasteiger partial charge in [0.2, 0.25) is 11.8 Å². The summed E-state index contributed by atoms with van der Waals surface area (Å²) in [5.74, 6) is -4.99. The average molecular weight is 716 g/mol. The molecule has 3 amide bonds. The molecule has 0 radical (unpaired) electrons. The van der Waals surface area contributed by atoms with Gasteiger partial charge in [-0.1, -0.05) is 50.6 Å². The largest absolute Gasteiger partial charge is 0.543 e. The molecule has 15 nitrogen and oxygen atoms in total. The molecule has 0 bridgehead atoms. The Morgan fingerprint density at radius 1 is 0.980 bits per heavy atom. The van der Waals surface area contributed by atoms with Gasteiger partial charge in [0.15, 0.2) is 0 Å². The smallest absolute Gasteiger partial charge is 0.476 e. The number of nitrogens with one attached hydrogen (secondary N) is 3. The minimum Gasteiger partial charge on any atom is -0.476 e. The fraction of sp³-hybridized carbons (Fsp3) is 0.576. The maximum Gasteiger partial charge on any atom is 0.543 e. The van der Waals surface area contributed by atoms with Crippen molar-refractivity contribution in [3.8, 4) is 0 Å². The highest BCUT2D eigenvalue weighted by Crippen LogP contribution is 2.20. The first kappa shape index (κ1) is 40.6. The SMILES string of the molecule is CC(C)C[C@@H](NC(=O)[C@@H](Cc1ccccc1)NC(=O)c1cnccn1)B1OCCCN(CCCCCC(=O)NC(C(=O)O)[P+](=O)O)CCCO1. The topological polar surface area (TPSA) is 209 Å². The van der Waals surface area contributed by atoms with Crippen molar-refractivity contribution in [1.82, 2.24) is 30.8 Å². The number of carboxylic acid groups (broad SMARTS) is 1. The number of carboxylic acids is 1. The lowest BCUT2D eigenvalue weighted by Crippen LogP contribution is -2.56. The molecule has 50 heavy (non-hydrogen) atoms. The Morgan fingerprint density at radius 3 is 2.28 bits per heavy atom. The van der Waals surface area contributed by atoms with E-state index in [1.807, 2.05) is 30.3 Å².